The van der Waals surface area contributed by atoms with Crippen molar-refractivity contribution in [1.29, 1.82) is 0 Å². The van der Waals surface area contributed by atoms with Crippen molar-refractivity contribution in [2.24, 2.45) is 10.2 Å². The van der Waals surface area contributed by atoms with Crippen molar-refractivity contribution < 1.29 is 28.5 Å². The largest absolute Gasteiger partial charge is 0.495 e. The Morgan fingerprint density at radius 1 is 1.00 bits per heavy atom. The first kappa shape index (κ1) is 26.2. The van der Waals surface area contributed by atoms with Crippen LogP contribution < -0.4 is 23.4 Å². The first-order valence-electron chi connectivity index (χ1n) is 10.00. The predicted octanol–water partition coefficient (Wildman–Crippen LogP) is 5.38. The number of amides is 1. The fraction of sp³-hybridized carbons (Fsp3) is 0.364. The molecule has 0 aliphatic rings. The molecule has 2 aromatic carbocycles. The van der Waals surface area contributed by atoms with Gasteiger partial charge in [0.1, 0.15) is 33.7 Å². The second kappa shape index (κ2) is 12.3. The summed E-state index contributed by atoms with van der Waals surface area (Å²) in [6.07, 6.45) is 0. The summed E-state index contributed by atoms with van der Waals surface area (Å²) < 4.78 is 22.3. The minimum atomic E-state index is -1.51. The zero-order valence-corrected chi connectivity index (χ0v) is 20.4. The number of hydrogen-bond acceptors (Lipinski definition) is 8. The number of para-hydroxylation sites is 1. The van der Waals surface area contributed by atoms with Crippen LogP contribution in [0.25, 0.3) is 0 Å². The van der Waals surface area contributed by atoms with E-state index in [1.54, 1.807) is 32.0 Å². The summed E-state index contributed by atoms with van der Waals surface area (Å²) in [5.74, 6) is -0.164. The number of benzene rings is 2. The minimum absolute atomic E-state index is 0.171. The van der Waals surface area contributed by atoms with E-state index in [1.165, 1.54) is 33.3 Å². The molecule has 178 valence electrons. The molecule has 9 nitrogen and oxygen atoms in total. The van der Waals surface area contributed by atoms with E-state index in [0.717, 1.165) is 4.42 Å². The highest BCUT2D eigenvalue weighted by molar-refractivity contribution is 6.40. The van der Waals surface area contributed by atoms with Gasteiger partial charge in [-0.1, -0.05) is 17.7 Å². The van der Waals surface area contributed by atoms with Gasteiger partial charge in [-0.3, -0.25) is 9.59 Å². The standard InChI is InChI=1S/C22H25Cl2N3O6/c1-6-32-15-9-8-10-16(33-7-2)21(15)27(24)22(29)20(13(3)28)26-25-14-11-17(30-4)19(23)18(12-14)31-5/h8-12,20H,6-7H2,1-5H3. The Bertz CT molecular complexity index is 982. The molecule has 0 N–H and O–H groups in total. The maximum atomic E-state index is 13.2. The van der Waals surface area contributed by atoms with Gasteiger partial charge in [0.15, 0.2) is 5.78 Å². The number of methoxy groups -OCH3 is 2. The number of rotatable bonds is 11. The Morgan fingerprint density at radius 3 is 1.94 bits per heavy atom. The summed E-state index contributed by atoms with van der Waals surface area (Å²) >= 11 is 12.5. The zero-order valence-electron chi connectivity index (χ0n) is 18.9. The molecule has 0 aliphatic carbocycles. The summed E-state index contributed by atoms with van der Waals surface area (Å²) in [6, 6.07) is 6.46. The highest BCUT2D eigenvalue weighted by Gasteiger charge is 2.32. The predicted molar refractivity (Wildman–Crippen MR) is 126 cm³/mol. The van der Waals surface area contributed by atoms with Crippen LogP contribution in [0, 0.1) is 0 Å². The normalized spacial score (nSPS) is 11.7. The molecule has 33 heavy (non-hydrogen) atoms. The molecule has 2 rings (SSSR count). The summed E-state index contributed by atoms with van der Waals surface area (Å²) in [5, 5.41) is 8.20. The summed E-state index contributed by atoms with van der Waals surface area (Å²) in [4.78, 5) is 25.4. The third-order valence-corrected chi connectivity index (χ3v) is 5.00. The summed E-state index contributed by atoms with van der Waals surface area (Å²) in [7, 11) is 2.86. The molecule has 2 aromatic rings. The number of ether oxygens (including phenoxy) is 4. The molecular formula is C22H25Cl2N3O6. The van der Waals surface area contributed by atoms with Crippen molar-refractivity contribution in [3.8, 4) is 23.0 Å². The topological polar surface area (TPSA) is 99.0 Å². The van der Waals surface area contributed by atoms with Crippen molar-refractivity contribution in [2.45, 2.75) is 26.8 Å². The van der Waals surface area contributed by atoms with Crippen LogP contribution >= 0.6 is 23.4 Å². The van der Waals surface area contributed by atoms with Crippen molar-refractivity contribution >= 4 is 46.4 Å². The van der Waals surface area contributed by atoms with E-state index in [2.05, 4.69) is 10.2 Å². The van der Waals surface area contributed by atoms with Gasteiger partial charge >= 0.3 is 0 Å². The molecule has 0 fully saturated rings. The number of halogens is 2. The highest BCUT2D eigenvalue weighted by Crippen LogP contribution is 2.40. The molecule has 0 spiro atoms. The lowest BCUT2D eigenvalue weighted by Gasteiger charge is -2.22. The molecule has 0 aliphatic heterocycles. The third kappa shape index (κ3) is 6.27. The van der Waals surface area contributed by atoms with Crippen LogP contribution in [0.3, 0.4) is 0 Å². The van der Waals surface area contributed by atoms with Gasteiger partial charge in [-0.15, -0.1) is 0 Å². The van der Waals surface area contributed by atoms with E-state index in [9.17, 15) is 9.59 Å². The lowest BCUT2D eigenvalue weighted by atomic mass is 10.2. The average Bonchev–Trinajstić information content (AvgIpc) is 2.79. The zero-order chi connectivity index (χ0) is 24.5. The molecule has 11 heteroatoms. The SMILES string of the molecule is CCOc1cccc(OCC)c1N(Cl)C(=O)C(N=Nc1cc(OC)c(Cl)c(OC)c1)C(C)=O. The second-order valence-electron chi connectivity index (χ2n) is 6.48. The van der Waals surface area contributed by atoms with Crippen LogP contribution in [0.5, 0.6) is 23.0 Å². The first-order valence-corrected chi connectivity index (χ1v) is 10.7. The van der Waals surface area contributed by atoms with Crippen LogP contribution in [0.1, 0.15) is 20.8 Å². The number of anilines is 1. The van der Waals surface area contributed by atoms with Crippen LogP contribution in [-0.4, -0.2) is 45.2 Å². The fourth-order valence-corrected chi connectivity index (χ4v) is 3.32. The molecule has 1 amide bonds. The second-order valence-corrected chi connectivity index (χ2v) is 7.20. The van der Waals surface area contributed by atoms with E-state index in [1.807, 2.05) is 0 Å². The number of azo groups is 1. The van der Waals surface area contributed by atoms with Gasteiger partial charge in [-0.05, 0) is 32.9 Å². The number of hydrogen-bond donors (Lipinski definition) is 0. The molecule has 0 aromatic heterocycles. The molecule has 0 bridgehead atoms. The van der Waals surface area contributed by atoms with Crippen molar-refractivity contribution in [2.75, 3.05) is 31.9 Å². The lowest BCUT2D eigenvalue weighted by molar-refractivity contribution is -0.126. The number of carbonyl (C=O) groups is 2. The summed E-state index contributed by atoms with van der Waals surface area (Å²) in [6.45, 7) is 5.46. The van der Waals surface area contributed by atoms with Crippen LogP contribution in [-0.2, 0) is 9.59 Å². The van der Waals surface area contributed by atoms with Gasteiger partial charge in [-0.2, -0.15) is 10.2 Å². The number of carbonyl (C=O) groups excluding carboxylic acids is 2. The maximum Gasteiger partial charge on any atom is 0.276 e. The molecule has 1 unspecified atom stereocenters. The quantitative estimate of drug-likeness (QED) is 0.234. The fourth-order valence-electron chi connectivity index (χ4n) is 2.80. The number of ketones is 1. The van der Waals surface area contributed by atoms with Crippen LogP contribution in [0.4, 0.5) is 11.4 Å². The van der Waals surface area contributed by atoms with Crippen molar-refractivity contribution in [1.82, 2.24) is 0 Å². The average molecular weight is 498 g/mol. The monoisotopic (exact) mass is 497 g/mol. The van der Waals surface area contributed by atoms with Gasteiger partial charge in [-0.25, -0.2) is 4.42 Å². The molecule has 0 saturated carbocycles. The van der Waals surface area contributed by atoms with Gasteiger partial charge in [0, 0.05) is 23.9 Å². The van der Waals surface area contributed by atoms with E-state index < -0.39 is 17.7 Å². The Kier molecular flexibility index (Phi) is 9.74. The van der Waals surface area contributed by atoms with Gasteiger partial charge in [0.05, 0.1) is 33.1 Å². The Morgan fingerprint density at radius 2 is 1.52 bits per heavy atom. The van der Waals surface area contributed by atoms with E-state index in [0.29, 0.717) is 36.2 Å². The Hall–Kier alpha value is -3.04. The van der Waals surface area contributed by atoms with Gasteiger partial charge in [0.25, 0.3) is 5.91 Å². The number of Topliss-reactive ketones (excluding diaryl/α,β-unsaturated/α-hetero) is 1. The van der Waals surface area contributed by atoms with Gasteiger partial charge < -0.3 is 18.9 Å². The van der Waals surface area contributed by atoms with Crippen LogP contribution in [0.2, 0.25) is 5.02 Å². The molecule has 0 saturated heterocycles. The van der Waals surface area contributed by atoms with Crippen molar-refractivity contribution in [3.63, 3.8) is 0 Å². The van der Waals surface area contributed by atoms with Gasteiger partial charge in [0.2, 0.25) is 6.04 Å². The Balaban J connectivity index is 2.43. The molecule has 1 atom stereocenters. The highest BCUT2D eigenvalue weighted by atomic mass is 35.5. The number of nitrogens with zero attached hydrogens (tertiary/aromatic N) is 3. The lowest BCUT2D eigenvalue weighted by Crippen LogP contribution is -2.36. The molecular weight excluding hydrogens is 473 g/mol. The third-order valence-electron chi connectivity index (χ3n) is 4.29. The molecule has 0 heterocycles. The van der Waals surface area contributed by atoms with E-state index >= 15 is 0 Å². The van der Waals surface area contributed by atoms with E-state index in [4.69, 9.17) is 42.3 Å². The summed E-state index contributed by atoms with van der Waals surface area (Å²) in [5.41, 5.74) is 0.433. The smallest absolute Gasteiger partial charge is 0.276 e. The van der Waals surface area contributed by atoms with E-state index in [-0.39, 0.29) is 16.4 Å². The van der Waals surface area contributed by atoms with Crippen molar-refractivity contribution in [3.05, 3.63) is 35.4 Å². The molecule has 0 radical (unpaired) electrons. The first-order chi connectivity index (χ1) is 15.8. The van der Waals surface area contributed by atoms with Crippen LogP contribution in [0.15, 0.2) is 40.6 Å². The Labute approximate surface area is 202 Å². The minimum Gasteiger partial charge on any atom is -0.495 e. The maximum absolute atomic E-state index is 13.2.